The normalized spacial score (nSPS) is 16.4. The van der Waals surface area contributed by atoms with Gasteiger partial charge in [0.2, 0.25) is 5.91 Å². The fourth-order valence-electron chi connectivity index (χ4n) is 2.41. The Morgan fingerprint density at radius 3 is 2.67 bits per heavy atom. The van der Waals surface area contributed by atoms with Gasteiger partial charge in [-0.1, -0.05) is 29.7 Å². The van der Waals surface area contributed by atoms with E-state index in [-0.39, 0.29) is 5.91 Å². The molecule has 0 saturated carbocycles. The van der Waals surface area contributed by atoms with E-state index in [0.717, 1.165) is 37.7 Å². The minimum atomic E-state index is -0.00348. The number of rotatable bonds is 5. The van der Waals surface area contributed by atoms with E-state index < -0.39 is 0 Å². The van der Waals surface area contributed by atoms with Gasteiger partial charge in [-0.05, 0) is 17.7 Å². The van der Waals surface area contributed by atoms with Crippen LogP contribution in [-0.4, -0.2) is 55.0 Å². The summed E-state index contributed by atoms with van der Waals surface area (Å²) in [4.78, 5) is 16.1. The second kappa shape index (κ2) is 8.04. The maximum Gasteiger partial charge on any atom is 0.234 e. The predicted octanol–water partition coefficient (Wildman–Crippen LogP) is 1.21. The van der Waals surface area contributed by atoms with Gasteiger partial charge in [-0.2, -0.15) is 0 Å². The number of halogens is 1. The van der Waals surface area contributed by atoms with Crippen LogP contribution in [-0.2, 0) is 11.3 Å². The molecular weight excluding hydrogens is 286 g/mol. The smallest absolute Gasteiger partial charge is 0.234 e. The van der Waals surface area contributed by atoms with Crippen molar-refractivity contribution in [2.75, 3.05) is 39.3 Å². The van der Waals surface area contributed by atoms with Crippen molar-refractivity contribution in [3.05, 3.63) is 34.9 Å². The number of terminal acetylenes is 1. The van der Waals surface area contributed by atoms with E-state index in [4.69, 9.17) is 18.0 Å². The zero-order chi connectivity index (χ0) is 15.1. The molecule has 21 heavy (non-hydrogen) atoms. The number of hydrogen-bond acceptors (Lipinski definition) is 3. The molecule has 0 aliphatic carbocycles. The standard InChI is InChI=1S/C16H20ClN3O/c1-2-6-18-16(21)13-20-9-7-19(8-10-20)12-14-4-3-5-15(17)11-14/h1,3-5,11H,6-10,12-13H2,(H,18,21). The minimum absolute atomic E-state index is 0.00348. The zero-order valence-electron chi connectivity index (χ0n) is 12.0. The summed E-state index contributed by atoms with van der Waals surface area (Å²) in [5.74, 6) is 2.40. The summed E-state index contributed by atoms with van der Waals surface area (Å²) >= 11 is 6.00. The molecular formula is C16H20ClN3O. The topological polar surface area (TPSA) is 35.6 Å². The molecule has 1 aromatic carbocycles. The van der Waals surface area contributed by atoms with Crippen molar-refractivity contribution in [3.63, 3.8) is 0 Å². The molecule has 0 unspecified atom stereocenters. The van der Waals surface area contributed by atoms with Gasteiger partial charge in [-0.15, -0.1) is 6.42 Å². The van der Waals surface area contributed by atoms with E-state index in [1.807, 2.05) is 18.2 Å². The summed E-state index contributed by atoms with van der Waals surface area (Å²) in [6.07, 6.45) is 5.12. The third-order valence-electron chi connectivity index (χ3n) is 3.51. The van der Waals surface area contributed by atoms with Crippen molar-refractivity contribution < 1.29 is 4.79 Å². The van der Waals surface area contributed by atoms with Crippen LogP contribution in [0, 0.1) is 12.3 Å². The van der Waals surface area contributed by atoms with Crippen LogP contribution >= 0.6 is 11.6 Å². The lowest BCUT2D eigenvalue weighted by atomic mass is 10.2. The molecule has 1 fully saturated rings. The molecule has 1 aliphatic heterocycles. The van der Waals surface area contributed by atoms with Gasteiger partial charge in [0.15, 0.2) is 0 Å². The average molecular weight is 306 g/mol. The van der Waals surface area contributed by atoms with Crippen molar-refractivity contribution in [1.82, 2.24) is 15.1 Å². The lowest BCUT2D eigenvalue weighted by molar-refractivity contribution is -0.122. The van der Waals surface area contributed by atoms with Crippen molar-refractivity contribution >= 4 is 17.5 Å². The number of carbonyl (C=O) groups is 1. The lowest BCUT2D eigenvalue weighted by Crippen LogP contribution is -2.49. The van der Waals surface area contributed by atoms with Crippen LogP contribution in [0.2, 0.25) is 5.02 Å². The second-order valence-electron chi connectivity index (χ2n) is 5.16. The Hall–Kier alpha value is -1.54. The molecule has 1 aliphatic rings. The van der Waals surface area contributed by atoms with Crippen molar-refractivity contribution in [2.45, 2.75) is 6.54 Å². The second-order valence-corrected chi connectivity index (χ2v) is 5.60. The highest BCUT2D eigenvalue weighted by Crippen LogP contribution is 2.13. The number of hydrogen-bond donors (Lipinski definition) is 1. The van der Waals surface area contributed by atoms with E-state index in [9.17, 15) is 4.79 Å². The van der Waals surface area contributed by atoms with Crippen LogP contribution in [0.1, 0.15) is 5.56 Å². The first-order chi connectivity index (χ1) is 10.2. The maximum absolute atomic E-state index is 11.6. The lowest BCUT2D eigenvalue weighted by Gasteiger charge is -2.34. The van der Waals surface area contributed by atoms with Gasteiger partial charge in [0.25, 0.3) is 0 Å². The Labute approximate surface area is 131 Å². The number of nitrogens with one attached hydrogen (secondary N) is 1. The molecule has 0 bridgehead atoms. The van der Waals surface area contributed by atoms with E-state index in [2.05, 4.69) is 27.1 Å². The van der Waals surface area contributed by atoms with Crippen molar-refractivity contribution in [1.29, 1.82) is 0 Å². The van der Waals surface area contributed by atoms with Gasteiger partial charge in [-0.3, -0.25) is 14.6 Å². The summed E-state index contributed by atoms with van der Waals surface area (Å²) in [5.41, 5.74) is 1.22. The molecule has 0 aromatic heterocycles. The Kier molecular flexibility index (Phi) is 6.06. The first-order valence-corrected chi connectivity index (χ1v) is 7.44. The fourth-order valence-corrected chi connectivity index (χ4v) is 2.62. The third kappa shape index (κ3) is 5.39. The van der Waals surface area contributed by atoms with Crippen LogP contribution in [0.15, 0.2) is 24.3 Å². The van der Waals surface area contributed by atoms with Gasteiger partial charge in [0.1, 0.15) is 0 Å². The molecule has 1 N–H and O–H groups in total. The number of amides is 1. The first kappa shape index (κ1) is 15.8. The molecule has 1 aromatic rings. The van der Waals surface area contributed by atoms with Gasteiger partial charge in [0.05, 0.1) is 13.1 Å². The Balaban J connectivity index is 1.73. The molecule has 1 saturated heterocycles. The molecule has 0 atom stereocenters. The van der Waals surface area contributed by atoms with Crippen LogP contribution < -0.4 is 5.32 Å². The van der Waals surface area contributed by atoms with Gasteiger partial charge in [0, 0.05) is 37.7 Å². The van der Waals surface area contributed by atoms with Gasteiger partial charge >= 0.3 is 0 Å². The molecule has 112 valence electrons. The van der Waals surface area contributed by atoms with Crippen LogP contribution in [0.3, 0.4) is 0 Å². The maximum atomic E-state index is 11.6. The molecule has 4 nitrogen and oxygen atoms in total. The highest BCUT2D eigenvalue weighted by molar-refractivity contribution is 6.30. The van der Waals surface area contributed by atoms with E-state index in [1.165, 1.54) is 5.56 Å². The number of piperazine rings is 1. The van der Waals surface area contributed by atoms with Gasteiger partial charge in [-0.25, -0.2) is 0 Å². The summed E-state index contributed by atoms with van der Waals surface area (Å²) in [5, 5.41) is 3.47. The Morgan fingerprint density at radius 1 is 1.29 bits per heavy atom. The van der Waals surface area contributed by atoms with Gasteiger partial charge < -0.3 is 5.32 Å². The van der Waals surface area contributed by atoms with E-state index in [0.29, 0.717) is 13.1 Å². The van der Waals surface area contributed by atoms with E-state index in [1.54, 1.807) is 0 Å². The molecule has 0 spiro atoms. The summed E-state index contributed by atoms with van der Waals surface area (Å²) in [6, 6.07) is 7.95. The third-order valence-corrected chi connectivity index (χ3v) is 3.75. The van der Waals surface area contributed by atoms with Crippen LogP contribution in [0.5, 0.6) is 0 Å². The Bertz CT molecular complexity index is 518. The first-order valence-electron chi connectivity index (χ1n) is 7.06. The fraction of sp³-hybridized carbons (Fsp3) is 0.438. The summed E-state index contributed by atoms with van der Waals surface area (Å²) in [6.45, 7) is 5.32. The summed E-state index contributed by atoms with van der Waals surface area (Å²) < 4.78 is 0. The molecule has 1 heterocycles. The largest absolute Gasteiger partial charge is 0.344 e. The average Bonchev–Trinajstić information content (AvgIpc) is 2.47. The molecule has 1 amide bonds. The number of carbonyl (C=O) groups excluding carboxylic acids is 1. The summed E-state index contributed by atoms with van der Waals surface area (Å²) in [7, 11) is 0. The molecule has 5 heteroatoms. The predicted molar refractivity (Wildman–Crippen MR) is 85.0 cm³/mol. The SMILES string of the molecule is C#CCNC(=O)CN1CCN(Cc2cccc(Cl)c2)CC1. The number of nitrogens with zero attached hydrogens (tertiary/aromatic N) is 2. The zero-order valence-corrected chi connectivity index (χ0v) is 12.8. The minimum Gasteiger partial charge on any atom is -0.344 e. The Morgan fingerprint density at radius 2 is 2.00 bits per heavy atom. The van der Waals surface area contributed by atoms with Crippen LogP contribution in [0.25, 0.3) is 0 Å². The van der Waals surface area contributed by atoms with Crippen LogP contribution in [0.4, 0.5) is 0 Å². The quantitative estimate of drug-likeness (QED) is 0.831. The van der Waals surface area contributed by atoms with Crippen molar-refractivity contribution in [2.24, 2.45) is 0 Å². The molecule has 2 rings (SSSR count). The number of benzene rings is 1. The highest BCUT2D eigenvalue weighted by atomic mass is 35.5. The molecule has 0 radical (unpaired) electrons. The van der Waals surface area contributed by atoms with E-state index >= 15 is 0 Å². The van der Waals surface area contributed by atoms with Crippen molar-refractivity contribution in [3.8, 4) is 12.3 Å². The monoisotopic (exact) mass is 305 g/mol. The highest BCUT2D eigenvalue weighted by Gasteiger charge is 2.18.